The second-order valence-electron chi connectivity index (χ2n) is 4.55. The third-order valence-corrected chi connectivity index (χ3v) is 3.15. The van der Waals surface area contributed by atoms with Crippen molar-refractivity contribution < 1.29 is 5.11 Å². The topological polar surface area (TPSA) is 50.1 Å². The summed E-state index contributed by atoms with van der Waals surface area (Å²) in [4.78, 5) is 0. The Morgan fingerprint density at radius 1 is 1.60 bits per heavy atom. The molecule has 0 amide bonds. The molecule has 4 nitrogen and oxygen atoms in total. The van der Waals surface area contributed by atoms with Crippen molar-refractivity contribution in [3.63, 3.8) is 0 Å². The summed E-state index contributed by atoms with van der Waals surface area (Å²) in [7, 11) is 0. The van der Waals surface area contributed by atoms with E-state index in [1.807, 2.05) is 10.9 Å². The van der Waals surface area contributed by atoms with E-state index in [9.17, 15) is 5.11 Å². The van der Waals surface area contributed by atoms with Gasteiger partial charge >= 0.3 is 0 Å². The first-order valence-corrected chi connectivity index (χ1v) is 5.58. The zero-order chi connectivity index (χ0) is 10.8. The largest absolute Gasteiger partial charge is 0.396 e. The standard InChI is InChI=1S/C11H19N3O/c1-8(2)14-6-9(4-13-14)11-5-12-3-10(11)7-15/h4,6,8,10-12,15H,3,5,7H2,1-2H3/t10-,11+/m1/s1. The van der Waals surface area contributed by atoms with Gasteiger partial charge in [-0.1, -0.05) is 0 Å². The van der Waals surface area contributed by atoms with Crippen LogP contribution in [0.4, 0.5) is 0 Å². The number of aliphatic hydroxyl groups is 1. The number of rotatable bonds is 3. The molecule has 4 heteroatoms. The summed E-state index contributed by atoms with van der Waals surface area (Å²) < 4.78 is 1.97. The molecule has 0 bridgehead atoms. The summed E-state index contributed by atoms with van der Waals surface area (Å²) in [6, 6.07) is 0.403. The van der Waals surface area contributed by atoms with E-state index in [2.05, 4.69) is 30.5 Å². The molecule has 1 fully saturated rings. The lowest BCUT2D eigenvalue weighted by Crippen LogP contribution is -2.14. The minimum atomic E-state index is 0.254. The number of nitrogens with one attached hydrogen (secondary N) is 1. The smallest absolute Gasteiger partial charge is 0.0525 e. The molecule has 1 saturated heterocycles. The Balaban J connectivity index is 2.14. The van der Waals surface area contributed by atoms with Gasteiger partial charge in [0.25, 0.3) is 0 Å². The van der Waals surface area contributed by atoms with Gasteiger partial charge in [0.15, 0.2) is 0 Å². The molecule has 0 aromatic carbocycles. The lowest BCUT2D eigenvalue weighted by molar-refractivity contribution is 0.226. The van der Waals surface area contributed by atoms with Crippen LogP contribution in [0.25, 0.3) is 0 Å². The van der Waals surface area contributed by atoms with Gasteiger partial charge in [0.1, 0.15) is 0 Å². The van der Waals surface area contributed by atoms with Crippen LogP contribution in [0, 0.1) is 5.92 Å². The molecule has 2 rings (SSSR count). The van der Waals surface area contributed by atoms with Gasteiger partial charge in [-0.2, -0.15) is 5.10 Å². The van der Waals surface area contributed by atoms with Crippen molar-refractivity contribution in [2.75, 3.05) is 19.7 Å². The summed E-state index contributed by atoms with van der Waals surface area (Å²) in [6.07, 6.45) is 4.03. The maximum atomic E-state index is 9.25. The van der Waals surface area contributed by atoms with E-state index in [1.165, 1.54) is 5.56 Å². The molecule has 0 unspecified atom stereocenters. The van der Waals surface area contributed by atoms with Gasteiger partial charge < -0.3 is 10.4 Å². The average molecular weight is 209 g/mol. The van der Waals surface area contributed by atoms with Crippen molar-refractivity contribution in [2.45, 2.75) is 25.8 Å². The van der Waals surface area contributed by atoms with Crippen LogP contribution < -0.4 is 5.32 Å². The molecule has 1 aromatic rings. The fraction of sp³-hybridized carbons (Fsp3) is 0.727. The fourth-order valence-corrected chi connectivity index (χ4v) is 2.14. The molecule has 2 heterocycles. The van der Waals surface area contributed by atoms with Crippen molar-refractivity contribution in [1.82, 2.24) is 15.1 Å². The Bertz CT molecular complexity index is 321. The molecule has 0 radical (unpaired) electrons. The van der Waals surface area contributed by atoms with Gasteiger partial charge in [-0.15, -0.1) is 0 Å². The molecule has 1 aliphatic heterocycles. The average Bonchev–Trinajstić information content (AvgIpc) is 2.85. The van der Waals surface area contributed by atoms with Crippen LogP contribution in [0.1, 0.15) is 31.4 Å². The van der Waals surface area contributed by atoms with Crippen LogP contribution in [0.2, 0.25) is 0 Å². The van der Waals surface area contributed by atoms with Crippen LogP contribution in [0.15, 0.2) is 12.4 Å². The Hall–Kier alpha value is -0.870. The van der Waals surface area contributed by atoms with Crippen LogP contribution in [0.3, 0.4) is 0 Å². The number of hydrogen-bond donors (Lipinski definition) is 2. The third-order valence-electron chi connectivity index (χ3n) is 3.15. The van der Waals surface area contributed by atoms with Crippen LogP contribution in [0.5, 0.6) is 0 Å². The molecule has 1 aliphatic rings. The van der Waals surface area contributed by atoms with Gasteiger partial charge in [-0.25, -0.2) is 0 Å². The van der Waals surface area contributed by atoms with Crippen molar-refractivity contribution in [1.29, 1.82) is 0 Å². The van der Waals surface area contributed by atoms with Crippen molar-refractivity contribution >= 4 is 0 Å². The zero-order valence-corrected chi connectivity index (χ0v) is 9.35. The molecule has 2 N–H and O–H groups in total. The zero-order valence-electron chi connectivity index (χ0n) is 9.35. The summed E-state index contributed by atoms with van der Waals surface area (Å²) in [5, 5.41) is 16.9. The van der Waals surface area contributed by atoms with Gasteiger partial charge in [-0.05, 0) is 19.4 Å². The van der Waals surface area contributed by atoms with E-state index in [0.717, 1.165) is 13.1 Å². The molecule has 2 atom stereocenters. The highest BCUT2D eigenvalue weighted by Gasteiger charge is 2.28. The maximum Gasteiger partial charge on any atom is 0.0525 e. The molecular formula is C11H19N3O. The van der Waals surface area contributed by atoms with Crippen LogP contribution in [-0.4, -0.2) is 34.6 Å². The molecule has 84 valence electrons. The quantitative estimate of drug-likeness (QED) is 0.772. The highest BCUT2D eigenvalue weighted by molar-refractivity contribution is 5.16. The summed E-state index contributed by atoms with van der Waals surface area (Å²) in [5.74, 6) is 0.761. The molecule has 0 aliphatic carbocycles. The van der Waals surface area contributed by atoms with Gasteiger partial charge in [0, 0.05) is 43.8 Å². The SMILES string of the molecule is CC(C)n1cc([C@@H]2CNC[C@@H]2CO)cn1. The Morgan fingerprint density at radius 3 is 3.00 bits per heavy atom. The van der Waals surface area contributed by atoms with E-state index in [4.69, 9.17) is 0 Å². The normalized spacial score (nSPS) is 26.4. The molecule has 0 spiro atoms. The highest BCUT2D eigenvalue weighted by Crippen LogP contribution is 2.27. The van der Waals surface area contributed by atoms with Gasteiger partial charge in [-0.3, -0.25) is 4.68 Å². The van der Waals surface area contributed by atoms with Crippen molar-refractivity contribution in [3.8, 4) is 0 Å². The Morgan fingerprint density at radius 2 is 2.40 bits per heavy atom. The van der Waals surface area contributed by atoms with E-state index in [0.29, 0.717) is 17.9 Å². The Labute approximate surface area is 90.3 Å². The first-order valence-electron chi connectivity index (χ1n) is 5.58. The first-order chi connectivity index (χ1) is 7.22. The van der Waals surface area contributed by atoms with Crippen molar-refractivity contribution in [2.24, 2.45) is 5.92 Å². The summed E-state index contributed by atoms with van der Waals surface area (Å²) in [5.41, 5.74) is 1.24. The summed E-state index contributed by atoms with van der Waals surface area (Å²) in [6.45, 7) is 6.36. The number of nitrogens with zero attached hydrogens (tertiary/aromatic N) is 2. The van der Waals surface area contributed by atoms with E-state index < -0.39 is 0 Å². The molecular weight excluding hydrogens is 190 g/mol. The minimum absolute atomic E-state index is 0.254. The maximum absolute atomic E-state index is 9.25. The third kappa shape index (κ3) is 2.06. The Kier molecular flexibility index (Phi) is 3.07. The fourth-order valence-electron chi connectivity index (χ4n) is 2.14. The molecule has 1 aromatic heterocycles. The number of aromatic nitrogens is 2. The number of aliphatic hydroxyl groups excluding tert-OH is 1. The molecule has 15 heavy (non-hydrogen) atoms. The van der Waals surface area contributed by atoms with Crippen LogP contribution >= 0.6 is 0 Å². The predicted molar refractivity (Wildman–Crippen MR) is 58.8 cm³/mol. The summed E-state index contributed by atoms with van der Waals surface area (Å²) >= 11 is 0. The lowest BCUT2D eigenvalue weighted by Gasteiger charge is -2.13. The van der Waals surface area contributed by atoms with E-state index in [1.54, 1.807) is 0 Å². The number of hydrogen-bond acceptors (Lipinski definition) is 3. The second kappa shape index (κ2) is 4.33. The van der Waals surface area contributed by atoms with Gasteiger partial charge in [0.2, 0.25) is 0 Å². The highest BCUT2D eigenvalue weighted by atomic mass is 16.3. The lowest BCUT2D eigenvalue weighted by atomic mass is 9.92. The van der Waals surface area contributed by atoms with Gasteiger partial charge in [0.05, 0.1) is 6.20 Å². The van der Waals surface area contributed by atoms with Crippen LogP contribution in [-0.2, 0) is 0 Å². The second-order valence-corrected chi connectivity index (χ2v) is 4.55. The van der Waals surface area contributed by atoms with E-state index >= 15 is 0 Å². The monoisotopic (exact) mass is 209 g/mol. The minimum Gasteiger partial charge on any atom is -0.396 e. The van der Waals surface area contributed by atoms with E-state index in [-0.39, 0.29) is 6.61 Å². The first kappa shape index (κ1) is 10.6. The van der Waals surface area contributed by atoms with Crippen molar-refractivity contribution in [3.05, 3.63) is 18.0 Å². The molecule has 0 saturated carbocycles. The predicted octanol–water partition coefficient (Wildman–Crippen LogP) is 0.759.